The van der Waals surface area contributed by atoms with E-state index in [0.717, 1.165) is 11.6 Å². The first-order chi connectivity index (χ1) is 27.2. The highest BCUT2D eigenvalue weighted by Gasteiger charge is 2.59. The normalized spacial score (nSPS) is 21.8. The van der Waals surface area contributed by atoms with E-state index in [0.29, 0.717) is 12.5 Å². The van der Waals surface area contributed by atoms with Crippen molar-refractivity contribution < 1.29 is 0 Å². The van der Waals surface area contributed by atoms with Gasteiger partial charge in [-0.15, -0.1) is 0 Å². The Hall–Kier alpha value is -3.74. The minimum Gasteiger partial charge on any atom is -0.379 e. The van der Waals surface area contributed by atoms with Crippen LogP contribution in [0.15, 0.2) is 102 Å². The number of fused-ring (bicyclic) bond motifs is 2. The van der Waals surface area contributed by atoms with Gasteiger partial charge in [0.1, 0.15) is 0 Å². The van der Waals surface area contributed by atoms with Gasteiger partial charge in [-0.25, -0.2) is 0 Å². The van der Waals surface area contributed by atoms with Crippen LogP contribution in [0.5, 0.6) is 0 Å². The van der Waals surface area contributed by atoms with E-state index in [2.05, 4.69) is 180 Å². The fourth-order valence-electron chi connectivity index (χ4n) is 10.6. The van der Waals surface area contributed by atoms with Crippen molar-refractivity contribution >= 4 is 29.5 Å². The number of nitrogens with one attached hydrogen (secondary N) is 1. The van der Waals surface area contributed by atoms with E-state index in [1.807, 2.05) is 6.20 Å². The zero-order valence-corrected chi connectivity index (χ0v) is 38.8. The summed E-state index contributed by atoms with van der Waals surface area (Å²) >= 11 is 0. The summed E-state index contributed by atoms with van der Waals surface area (Å²) < 4.78 is 0. The third-order valence-corrected chi connectivity index (χ3v) is 16.4. The third-order valence-electron chi connectivity index (χ3n) is 14.0. The van der Waals surface area contributed by atoms with Gasteiger partial charge in [-0.05, 0) is 129 Å². The molecule has 0 bridgehead atoms. The molecule has 1 N–H and O–H groups in total. The molecule has 2 unspecified atom stereocenters. The van der Waals surface area contributed by atoms with Crippen LogP contribution in [-0.2, 0) is 33.6 Å². The number of hydrogen-bond acceptors (Lipinski definition) is 2. The van der Waals surface area contributed by atoms with Crippen molar-refractivity contribution in [3.8, 4) is 0 Å². The quantitative estimate of drug-likeness (QED) is 0.197. The van der Waals surface area contributed by atoms with Crippen LogP contribution in [0.3, 0.4) is 0 Å². The van der Waals surface area contributed by atoms with Crippen LogP contribution in [-0.4, -0.2) is 4.98 Å². The molecule has 0 aliphatic heterocycles. The number of nitrogens with zero attached hydrogens (tertiary/aromatic N) is 1. The summed E-state index contributed by atoms with van der Waals surface area (Å²) in [4.78, 5) is 4.90. The largest absolute Gasteiger partial charge is 0.379 e. The summed E-state index contributed by atoms with van der Waals surface area (Å²) in [5.74, 6) is 1.36. The standard InChI is InChI=1S/C55H69N2P/c1-35-19-18-26-56-47(35)34-57-50-46-24-16-21-37-27-36-20-14-15-22-44(36)55(37,46)45-23-17-25-48(49(45)50)58(42-30-38(51(2,3)4)28-39(31-42)52(5,6)7)43-32-40(53(8,9)10)29-41(33-43)54(11,12)13/h16-19,21,23-26,28-33,36,44,57H,14-15,20,22,27,34H2,1-13H3/t36-,44?,55?/m0/s1. The molecule has 2 nitrogen and oxygen atoms in total. The molecule has 4 aromatic rings. The SMILES string of the molecule is Cc1cccnc1CNC1=C2C=CC=C3C[C@@H]4CCCCC4C32c2cccc(P(c3cc(C(C)(C)C)cc(C(C)(C)C)c3)c3cc(C(C)(C)C)cc(C(C)(C)C)c3)c21. The lowest BCUT2D eigenvalue weighted by Gasteiger charge is -2.41. The van der Waals surface area contributed by atoms with Gasteiger partial charge in [0.25, 0.3) is 0 Å². The average Bonchev–Trinajstić information content (AvgIpc) is 3.65. The Balaban J connectivity index is 1.47. The second-order valence-corrected chi connectivity index (χ2v) is 24.4. The molecule has 1 heterocycles. The Kier molecular flexibility index (Phi) is 10.2. The average molecular weight is 789 g/mol. The molecule has 1 spiro atoms. The van der Waals surface area contributed by atoms with E-state index in [9.17, 15) is 0 Å². The number of aryl methyl sites for hydroxylation is 1. The summed E-state index contributed by atoms with van der Waals surface area (Å²) in [6, 6.07) is 27.1. The van der Waals surface area contributed by atoms with Gasteiger partial charge in [-0.1, -0.05) is 180 Å². The second-order valence-electron chi connectivity index (χ2n) is 22.2. The fourth-order valence-corrected chi connectivity index (χ4v) is 13.2. The fraction of sp³-hybridized carbons (Fsp3) is 0.473. The highest BCUT2D eigenvalue weighted by atomic mass is 31.1. The van der Waals surface area contributed by atoms with E-state index < -0.39 is 7.92 Å². The highest BCUT2D eigenvalue weighted by Crippen LogP contribution is 2.66. The van der Waals surface area contributed by atoms with Crippen molar-refractivity contribution in [2.75, 3.05) is 0 Å². The summed E-state index contributed by atoms with van der Waals surface area (Å²) in [5, 5.41) is 8.58. The molecule has 8 rings (SSSR count). The minimum absolute atomic E-state index is 0.00690. The van der Waals surface area contributed by atoms with Crippen molar-refractivity contribution in [3.63, 3.8) is 0 Å². The molecule has 3 atom stereocenters. The number of hydrogen-bond donors (Lipinski definition) is 1. The maximum atomic E-state index is 4.90. The maximum Gasteiger partial charge on any atom is 0.0623 e. The molecule has 58 heavy (non-hydrogen) atoms. The number of aromatic nitrogens is 1. The smallest absolute Gasteiger partial charge is 0.0623 e. The first-order valence-corrected chi connectivity index (χ1v) is 23.6. The molecular formula is C55H69N2P. The molecule has 4 aliphatic rings. The first kappa shape index (κ1) is 41.0. The highest BCUT2D eigenvalue weighted by molar-refractivity contribution is 7.80. The third kappa shape index (κ3) is 7.08. The molecule has 4 aliphatic carbocycles. The van der Waals surface area contributed by atoms with E-state index >= 15 is 0 Å². The van der Waals surface area contributed by atoms with E-state index in [-0.39, 0.29) is 27.1 Å². The second kappa shape index (κ2) is 14.5. The van der Waals surface area contributed by atoms with Crippen LogP contribution in [0.1, 0.15) is 160 Å². The number of benzene rings is 3. The van der Waals surface area contributed by atoms with Crippen LogP contribution in [0.25, 0.3) is 5.70 Å². The number of allylic oxidation sites excluding steroid dienone is 5. The Bertz CT molecular complexity index is 2200. The van der Waals surface area contributed by atoms with Crippen LogP contribution < -0.4 is 21.2 Å². The van der Waals surface area contributed by atoms with Gasteiger partial charge >= 0.3 is 0 Å². The molecule has 304 valence electrons. The van der Waals surface area contributed by atoms with Gasteiger partial charge in [0.2, 0.25) is 0 Å². The topological polar surface area (TPSA) is 24.9 Å². The molecule has 3 aromatic carbocycles. The lowest BCUT2D eigenvalue weighted by Crippen LogP contribution is -2.37. The van der Waals surface area contributed by atoms with Crippen LogP contribution in [0.4, 0.5) is 0 Å². The summed E-state index contributed by atoms with van der Waals surface area (Å²) in [6.07, 6.45) is 15.9. The lowest BCUT2D eigenvalue weighted by molar-refractivity contribution is 0.227. The van der Waals surface area contributed by atoms with Crippen molar-refractivity contribution in [1.29, 1.82) is 0 Å². The van der Waals surface area contributed by atoms with Crippen molar-refractivity contribution in [2.45, 2.75) is 156 Å². The van der Waals surface area contributed by atoms with E-state index in [1.54, 1.807) is 11.1 Å². The Morgan fingerprint density at radius 2 is 1.28 bits per heavy atom. The Labute approximate surface area is 352 Å². The summed E-state index contributed by atoms with van der Waals surface area (Å²) in [7, 11) is -1.00. The van der Waals surface area contributed by atoms with Crippen LogP contribution in [0.2, 0.25) is 0 Å². The lowest BCUT2D eigenvalue weighted by atomic mass is 9.62. The summed E-state index contributed by atoms with van der Waals surface area (Å²) in [5.41, 5.74) is 15.5. The Morgan fingerprint density at radius 1 is 0.707 bits per heavy atom. The van der Waals surface area contributed by atoms with Crippen LogP contribution >= 0.6 is 7.92 Å². The summed E-state index contributed by atoms with van der Waals surface area (Å²) in [6.45, 7) is 31.5. The number of rotatable bonds is 6. The van der Waals surface area contributed by atoms with Crippen molar-refractivity contribution in [2.24, 2.45) is 11.8 Å². The molecule has 0 saturated heterocycles. The molecule has 3 heteroatoms. The van der Waals surface area contributed by atoms with Crippen molar-refractivity contribution in [1.82, 2.24) is 10.3 Å². The van der Waals surface area contributed by atoms with E-state index in [4.69, 9.17) is 4.98 Å². The zero-order chi connectivity index (χ0) is 41.6. The minimum atomic E-state index is -1.00. The molecular weight excluding hydrogens is 720 g/mol. The van der Waals surface area contributed by atoms with Crippen LogP contribution in [0, 0.1) is 18.8 Å². The maximum absolute atomic E-state index is 4.90. The number of pyridine rings is 1. The first-order valence-electron chi connectivity index (χ1n) is 22.2. The van der Waals surface area contributed by atoms with Gasteiger partial charge in [0.15, 0.2) is 0 Å². The van der Waals surface area contributed by atoms with Gasteiger partial charge in [-0.3, -0.25) is 4.98 Å². The zero-order valence-electron chi connectivity index (χ0n) is 38.0. The molecule has 2 fully saturated rings. The predicted octanol–water partition coefficient (Wildman–Crippen LogP) is 12.8. The van der Waals surface area contributed by atoms with E-state index in [1.165, 1.54) is 92.7 Å². The molecule has 0 radical (unpaired) electrons. The predicted molar refractivity (Wildman–Crippen MR) is 252 cm³/mol. The van der Waals surface area contributed by atoms with Gasteiger partial charge < -0.3 is 5.32 Å². The molecule has 2 saturated carbocycles. The monoisotopic (exact) mass is 789 g/mol. The molecule has 1 aromatic heterocycles. The molecule has 0 amide bonds. The van der Waals surface area contributed by atoms with Gasteiger partial charge in [0, 0.05) is 22.9 Å². The van der Waals surface area contributed by atoms with Gasteiger partial charge in [0.05, 0.1) is 12.2 Å². The van der Waals surface area contributed by atoms with Crippen molar-refractivity contribution in [3.05, 3.63) is 147 Å². The Morgan fingerprint density at radius 3 is 1.83 bits per heavy atom. The van der Waals surface area contributed by atoms with Gasteiger partial charge in [-0.2, -0.15) is 0 Å².